The fourth-order valence-electron chi connectivity index (χ4n) is 3.06. The molecule has 0 spiro atoms. The van der Waals surface area contributed by atoms with Crippen LogP contribution in [0, 0.1) is 6.92 Å². The molecule has 0 heterocycles. The smallest absolute Gasteiger partial charge is 0.309 e. The van der Waals surface area contributed by atoms with E-state index in [2.05, 4.69) is 61.5 Å². The van der Waals surface area contributed by atoms with E-state index in [0.29, 0.717) is 19.4 Å². The molecule has 0 bridgehead atoms. The zero-order valence-electron chi connectivity index (χ0n) is 15.6. The van der Waals surface area contributed by atoms with Gasteiger partial charge in [-0.1, -0.05) is 60.2 Å². The molecular weight excluding hydrogens is 343 g/mol. The van der Waals surface area contributed by atoms with Crippen LogP contribution in [-0.2, 0) is 19.8 Å². The van der Waals surface area contributed by atoms with E-state index in [1.54, 1.807) is 0 Å². The summed E-state index contributed by atoms with van der Waals surface area (Å²) in [5, 5.41) is 2.28. The molecule has 4 heteroatoms. The van der Waals surface area contributed by atoms with Gasteiger partial charge in [0.1, 0.15) is 0 Å². The molecule has 3 aromatic rings. The summed E-state index contributed by atoms with van der Waals surface area (Å²) in [5.41, 5.74) is 4.62. The molecule has 0 aliphatic heterocycles. The van der Waals surface area contributed by atoms with Gasteiger partial charge in [-0.2, -0.15) is 0 Å². The standard InChI is InChI=1S/C22H25O3P/c1-4-24-26(23,25-5-2)16-18-8-11-22-15-21(13-12-20(22)14-18)19-9-6-17(3)7-10-19/h6-15H,4-5,16H2,1-3H3. The van der Waals surface area contributed by atoms with Crippen molar-refractivity contribution in [3.05, 3.63) is 71.8 Å². The lowest BCUT2D eigenvalue weighted by Gasteiger charge is -2.17. The second kappa shape index (κ2) is 8.18. The molecule has 0 fully saturated rings. The van der Waals surface area contributed by atoms with Gasteiger partial charge < -0.3 is 9.05 Å². The van der Waals surface area contributed by atoms with Crippen molar-refractivity contribution in [2.45, 2.75) is 26.9 Å². The van der Waals surface area contributed by atoms with Crippen LogP contribution < -0.4 is 0 Å². The highest BCUT2D eigenvalue weighted by atomic mass is 31.2. The minimum Gasteiger partial charge on any atom is -0.309 e. The van der Waals surface area contributed by atoms with Crippen LogP contribution in [-0.4, -0.2) is 13.2 Å². The van der Waals surface area contributed by atoms with Crippen molar-refractivity contribution in [3.8, 4) is 11.1 Å². The highest BCUT2D eigenvalue weighted by Gasteiger charge is 2.24. The van der Waals surface area contributed by atoms with Gasteiger partial charge in [0, 0.05) is 0 Å². The molecule has 0 aromatic heterocycles. The average Bonchev–Trinajstić information content (AvgIpc) is 2.62. The molecule has 0 aliphatic carbocycles. The first-order valence-electron chi connectivity index (χ1n) is 9.01. The summed E-state index contributed by atoms with van der Waals surface area (Å²) in [5.74, 6) is 0. The zero-order valence-corrected chi connectivity index (χ0v) is 16.5. The Morgan fingerprint density at radius 3 is 2.00 bits per heavy atom. The number of benzene rings is 3. The molecule has 3 rings (SSSR count). The predicted molar refractivity (Wildman–Crippen MR) is 109 cm³/mol. The maximum atomic E-state index is 12.7. The lowest BCUT2D eigenvalue weighted by atomic mass is 9.99. The monoisotopic (exact) mass is 368 g/mol. The summed E-state index contributed by atoms with van der Waals surface area (Å²) in [6.45, 7) is 6.52. The minimum absolute atomic E-state index is 0.296. The van der Waals surface area contributed by atoms with Gasteiger partial charge in [-0.15, -0.1) is 0 Å². The second-order valence-corrected chi connectivity index (χ2v) is 8.42. The van der Waals surface area contributed by atoms with E-state index < -0.39 is 7.60 Å². The van der Waals surface area contributed by atoms with Gasteiger partial charge >= 0.3 is 7.60 Å². The first-order valence-corrected chi connectivity index (χ1v) is 10.7. The highest BCUT2D eigenvalue weighted by Crippen LogP contribution is 2.51. The van der Waals surface area contributed by atoms with Crippen LogP contribution in [0.1, 0.15) is 25.0 Å². The average molecular weight is 368 g/mol. The summed E-state index contributed by atoms with van der Waals surface area (Å²) in [6.07, 6.45) is 0.296. The summed E-state index contributed by atoms with van der Waals surface area (Å²) < 4.78 is 23.6. The van der Waals surface area contributed by atoms with Crippen molar-refractivity contribution < 1.29 is 13.6 Å². The normalized spacial score (nSPS) is 11.8. The minimum atomic E-state index is -3.08. The van der Waals surface area contributed by atoms with Crippen molar-refractivity contribution in [1.82, 2.24) is 0 Å². The van der Waals surface area contributed by atoms with Crippen LogP contribution in [0.5, 0.6) is 0 Å². The Morgan fingerprint density at radius 1 is 0.769 bits per heavy atom. The van der Waals surface area contributed by atoms with Crippen molar-refractivity contribution in [3.63, 3.8) is 0 Å². The summed E-state index contributed by atoms with van der Waals surface area (Å²) >= 11 is 0. The molecule has 26 heavy (non-hydrogen) atoms. The molecule has 136 valence electrons. The van der Waals surface area contributed by atoms with E-state index in [1.807, 2.05) is 19.9 Å². The van der Waals surface area contributed by atoms with Crippen LogP contribution in [0.25, 0.3) is 21.9 Å². The van der Waals surface area contributed by atoms with Crippen molar-refractivity contribution >= 4 is 18.4 Å². The number of rotatable bonds is 7. The number of aryl methyl sites for hydroxylation is 1. The van der Waals surface area contributed by atoms with Crippen molar-refractivity contribution in [1.29, 1.82) is 0 Å². The van der Waals surface area contributed by atoms with Gasteiger partial charge in [0.05, 0.1) is 19.4 Å². The number of fused-ring (bicyclic) bond motifs is 1. The van der Waals surface area contributed by atoms with Crippen LogP contribution in [0.4, 0.5) is 0 Å². The third-order valence-corrected chi connectivity index (χ3v) is 6.37. The molecule has 3 aromatic carbocycles. The van der Waals surface area contributed by atoms with Gasteiger partial charge in [-0.3, -0.25) is 4.57 Å². The van der Waals surface area contributed by atoms with Crippen LogP contribution >= 0.6 is 7.60 Å². The molecule has 0 saturated carbocycles. The Balaban J connectivity index is 1.89. The molecule has 0 amide bonds. The van der Waals surface area contributed by atoms with Crippen molar-refractivity contribution in [2.24, 2.45) is 0 Å². The van der Waals surface area contributed by atoms with Gasteiger partial charge in [0.25, 0.3) is 0 Å². The quantitative estimate of drug-likeness (QED) is 0.442. The zero-order chi connectivity index (χ0) is 18.6. The number of hydrogen-bond donors (Lipinski definition) is 0. The lowest BCUT2D eigenvalue weighted by Crippen LogP contribution is -1.99. The second-order valence-electron chi connectivity index (χ2n) is 6.37. The van der Waals surface area contributed by atoms with E-state index in [-0.39, 0.29) is 0 Å². The van der Waals surface area contributed by atoms with E-state index in [1.165, 1.54) is 16.7 Å². The van der Waals surface area contributed by atoms with Crippen LogP contribution in [0.3, 0.4) is 0 Å². The molecule has 3 nitrogen and oxygen atoms in total. The Kier molecular flexibility index (Phi) is 5.93. The van der Waals surface area contributed by atoms with Gasteiger partial charge in [-0.25, -0.2) is 0 Å². The van der Waals surface area contributed by atoms with Crippen LogP contribution in [0.15, 0.2) is 60.7 Å². The molecule has 0 atom stereocenters. The van der Waals surface area contributed by atoms with E-state index >= 15 is 0 Å². The maximum Gasteiger partial charge on any atom is 0.335 e. The molecule has 0 radical (unpaired) electrons. The summed E-state index contributed by atoms with van der Waals surface area (Å²) in [4.78, 5) is 0. The molecule has 0 aliphatic rings. The van der Waals surface area contributed by atoms with Gasteiger partial charge in [0.15, 0.2) is 0 Å². The SMILES string of the molecule is CCOP(=O)(Cc1ccc2cc(-c3ccc(C)cc3)ccc2c1)OCC. The molecule has 0 unspecified atom stereocenters. The third kappa shape index (κ3) is 4.42. The fourth-order valence-corrected chi connectivity index (χ4v) is 4.75. The summed E-state index contributed by atoms with van der Waals surface area (Å²) in [6, 6.07) is 21.1. The Labute approximate surface area is 155 Å². The van der Waals surface area contributed by atoms with E-state index in [9.17, 15) is 4.57 Å². The predicted octanol–water partition coefficient (Wildman–Crippen LogP) is 6.58. The number of hydrogen-bond acceptors (Lipinski definition) is 3. The molecule has 0 saturated heterocycles. The third-order valence-electron chi connectivity index (χ3n) is 4.32. The van der Waals surface area contributed by atoms with E-state index in [4.69, 9.17) is 9.05 Å². The van der Waals surface area contributed by atoms with Gasteiger partial charge in [-0.05, 0) is 54.3 Å². The molecular formula is C22H25O3P. The highest BCUT2D eigenvalue weighted by molar-refractivity contribution is 7.53. The van der Waals surface area contributed by atoms with Gasteiger partial charge in [0.2, 0.25) is 0 Å². The Bertz CT molecular complexity index is 922. The fraction of sp³-hybridized carbons (Fsp3) is 0.273. The van der Waals surface area contributed by atoms with E-state index in [0.717, 1.165) is 16.3 Å². The largest absolute Gasteiger partial charge is 0.335 e. The van der Waals surface area contributed by atoms with Crippen LogP contribution in [0.2, 0.25) is 0 Å². The topological polar surface area (TPSA) is 35.5 Å². The summed E-state index contributed by atoms with van der Waals surface area (Å²) in [7, 11) is -3.08. The Hall–Kier alpha value is -1.93. The van der Waals surface area contributed by atoms with Crippen molar-refractivity contribution in [2.75, 3.05) is 13.2 Å². The maximum absolute atomic E-state index is 12.7. The Morgan fingerprint density at radius 2 is 1.35 bits per heavy atom. The molecule has 0 N–H and O–H groups in total. The first-order chi connectivity index (χ1) is 12.5. The first kappa shape index (κ1) is 18.8. The lowest BCUT2D eigenvalue weighted by molar-refractivity contribution is 0.219.